The molecule has 1 aromatic rings. The van der Waals surface area contributed by atoms with Gasteiger partial charge < -0.3 is 10.5 Å². The van der Waals surface area contributed by atoms with Crippen LogP contribution in [0.3, 0.4) is 0 Å². The summed E-state index contributed by atoms with van der Waals surface area (Å²) >= 11 is 0. The third kappa shape index (κ3) is 2.20. The van der Waals surface area contributed by atoms with Gasteiger partial charge in [-0.2, -0.15) is 8.78 Å². The lowest BCUT2D eigenvalue weighted by molar-refractivity contribution is -0.00144. The van der Waals surface area contributed by atoms with Gasteiger partial charge in [0.15, 0.2) is 0 Å². The molecule has 1 aromatic carbocycles. The molecule has 0 saturated carbocycles. The fourth-order valence-corrected chi connectivity index (χ4v) is 1.12. The van der Waals surface area contributed by atoms with E-state index in [1.165, 1.54) is 7.11 Å². The normalized spacial score (nSPS) is 11.6. The van der Waals surface area contributed by atoms with E-state index >= 15 is 0 Å². The van der Waals surface area contributed by atoms with Crippen LogP contribution < -0.4 is 10.5 Å². The number of nitrogens with two attached hydrogens (primary N) is 1. The highest BCUT2D eigenvalue weighted by molar-refractivity contribution is 5.33. The van der Waals surface area contributed by atoms with Crippen molar-refractivity contribution >= 4 is 0 Å². The topological polar surface area (TPSA) is 35.2 Å². The smallest absolute Gasteiger partial charge is 0.290 e. The zero-order chi connectivity index (χ0) is 11.6. The van der Waals surface area contributed by atoms with Gasteiger partial charge in [-0.1, -0.05) is 0 Å². The molecule has 0 amide bonds. The highest BCUT2D eigenvalue weighted by atomic mass is 19.3. The van der Waals surface area contributed by atoms with Crippen molar-refractivity contribution in [3.05, 3.63) is 29.3 Å². The molecule has 0 aliphatic rings. The molecule has 1 rings (SSSR count). The average Bonchev–Trinajstić information content (AvgIpc) is 2.16. The highest BCUT2D eigenvalue weighted by Crippen LogP contribution is 2.33. The van der Waals surface area contributed by atoms with Crippen molar-refractivity contribution in [2.45, 2.75) is 5.92 Å². The van der Waals surface area contributed by atoms with E-state index in [-0.39, 0.29) is 5.75 Å². The molecule has 0 fully saturated rings. The predicted molar refractivity (Wildman–Crippen MR) is 45.9 cm³/mol. The molecule has 15 heavy (non-hydrogen) atoms. The molecular formula is C9H9F4NO. The standard InChI is InChI=1S/C9H9F4NO/c1-15-5-2-6(10)8(7(11)3-5)9(12,13)4-14/h2-3H,4,14H2,1H3. The summed E-state index contributed by atoms with van der Waals surface area (Å²) < 4.78 is 56.8. The van der Waals surface area contributed by atoms with Gasteiger partial charge in [0.25, 0.3) is 5.92 Å². The molecule has 0 radical (unpaired) electrons. The Morgan fingerprint density at radius 1 is 1.27 bits per heavy atom. The largest absolute Gasteiger partial charge is 0.497 e. The van der Waals surface area contributed by atoms with Gasteiger partial charge in [-0.15, -0.1) is 0 Å². The first-order chi connectivity index (χ1) is 6.92. The van der Waals surface area contributed by atoms with Crippen molar-refractivity contribution in [2.24, 2.45) is 5.73 Å². The van der Waals surface area contributed by atoms with E-state index in [1.54, 1.807) is 0 Å². The summed E-state index contributed by atoms with van der Waals surface area (Å²) in [4.78, 5) is 0. The Kier molecular flexibility index (Phi) is 3.18. The van der Waals surface area contributed by atoms with Gasteiger partial charge in [-0.05, 0) is 0 Å². The number of ether oxygens (including phenoxy) is 1. The summed E-state index contributed by atoms with van der Waals surface area (Å²) in [5.74, 6) is -6.63. The maximum atomic E-state index is 13.1. The molecule has 0 aliphatic heterocycles. The molecule has 0 aromatic heterocycles. The first kappa shape index (κ1) is 11.8. The van der Waals surface area contributed by atoms with Crippen LogP contribution in [0.2, 0.25) is 0 Å². The maximum absolute atomic E-state index is 13.1. The molecule has 84 valence electrons. The Morgan fingerprint density at radius 3 is 2.07 bits per heavy atom. The maximum Gasteiger partial charge on any atom is 0.290 e. The lowest BCUT2D eigenvalue weighted by Gasteiger charge is -2.16. The van der Waals surface area contributed by atoms with Gasteiger partial charge in [-0.3, -0.25) is 0 Å². The molecule has 0 heterocycles. The van der Waals surface area contributed by atoms with Crippen LogP contribution in [0.25, 0.3) is 0 Å². The van der Waals surface area contributed by atoms with Crippen molar-refractivity contribution in [2.75, 3.05) is 13.7 Å². The third-order valence-corrected chi connectivity index (χ3v) is 1.87. The van der Waals surface area contributed by atoms with E-state index in [9.17, 15) is 17.6 Å². The van der Waals surface area contributed by atoms with Gasteiger partial charge in [0.05, 0.1) is 19.2 Å². The van der Waals surface area contributed by atoms with Crippen LogP contribution in [-0.4, -0.2) is 13.7 Å². The first-order valence-electron chi connectivity index (χ1n) is 4.03. The SMILES string of the molecule is COc1cc(F)c(C(F)(F)CN)c(F)c1. The van der Waals surface area contributed by atoms with E-state index in [0.717, 1.165) is 0 Å². The van der Waals surface area contributed by atoms with Gasteiger partial charge in [0, 0.05) is 12.1 Å². The summed E-state index contributed by atoms with van der Waals surface area (Å²) in [5, 5.41) is 0. The summed E-state index contributed by atoms with van der Waals surface area (Å²) in [6.07, 6.45) is 0. The van der Waals surface area contributed by atoms with Crippen LogP contribution in [0, 0.1) is 11.6 Å². The number of alkyl halides is 2. The van der Waals surface area contributed by atoms with Gasteiger partial charge in [0.2, 0.25) is 0 Å². The fraction of sp³-hybridized carbons (Fsp3) is 0.333. The number of halogens is 4. The molecule has 0 bridgehead atoms. The van der Waals surface area contributed by atoms with Gasteiger partial charge >= 0.3 is 0 Å². The number of hydrogen-bond acceptors (Lipinski definition) is 2. The number of benzene rings is 1. The third-order valence-electron chi connectivity index (χ3n) is 1.87. The van der Waals surface area contributed by atoms with Gasteiger partial charge in [-0.25, -0.2) is 8.78 Å². The number of methoxy groups -OCH3 is 1. The molecule has 0 spiro atoms. The molecule has 2 nitrogen and oxygen atoms in total. The van der Waals surface area contributed by atoms with E-state index in [4.69, 9.17) is 5.73 Å². The minimum Gasteiger partial charge on any atom is -0.497 e. The van der Waals surface area contributed by atoms with Crippen LogP contribution in [0.15, 0.2) is 12.1 Å². The summed E-state index contributed by atoms with van der Waals surface area (Å²) in [5.41, 5.74) is 3.40. The molecule has 0 unspecified atom stereocenters. The van der Waals surface area contributed by atoms with Crippen molar-refractivity contribution in [1.82, 2.24) is 0 Å². The minimum atomic E-state index is -3.72. The zero-order valence-corrected chi connectivity index (χ0v) is 7.86. The van der Waals surface area contributed by atoms with Gasteiger partial charge in [0.1, 0.15) is 17.4 Å². The van der Waals surface area contributed by atoms with E-state index < -0.39 is 29.7 Å². The Labute approximate surface area is 83.6 Å². The van der Waals surface area contributed by atoms with E-state index in [2.05, 4.69) is 4.74 Å². The monoisotopic (exact) mass is 223 g/mol. The molecule has 2 N–H and O–H groups in total. The fourth-order valence-electron chi connectivity index (χ4n) is 1.12. The molecule has 0 atom stereocenters. The summed E-state index contributed by atoms with van der Waals surface area (Å²) in [7, 11) is 1.18. The number of rotatable bonds is 3. The second-order valence-electron chi connectivity index (χ2n) is 2.87. The Balaban J connectivity index is 3.31. The highest BCUT2D eigenvalue weighted by Gasteiger charge is 2.36. The number of hydrogen-bond donors (Lipinski definition) is 1. The van der Waals surface area contributed by atoms with Crippen LogP contribution in [0.5, 0.6) is 5.75 Å². The second-order valence-corrected chi connectivity index (χ2v) is 2.87. The van der Waals surface area contributed by atoms with Crippen molar-refractivity contribution in [3.8, 4) is 5.75 Å². The van der Waals surface area contributed by atoms with Crippen LogP contribution >= 0.6 is 0 Å². The van der Waals surface area contributed by atoms with Crippen molar-refractivity contribution in [1.29, 1.82) is 0 Å². The zero-order valence-electron chi connectivity index (χ0n) is 7.86. The quantitative estimate of drug-likeness (QED) is 0.795. The van der Waals surface area contributed by atoms with E-state index in [1.807, 2.05) is 0 Å². The summed E-state index contributed by atoms with van der Waals surface area (Å²) in [6.45, 7) is -1.16. The summed E-state index contributed by atoms with van der Waals surface area (Å²) in [6, 6.07) is 1.37. The molecular weight excluding hydrogens is 214 g/mol. The lowest BCUT2D eigenvalue weighted by atomic mass is 10.1. The minimum absolute atomic E-state index is 0.165. The molecule has 0 saturated heterocycles. The second kappa shape index (κ2) is 4.06. The van der Waals surface area contributed by atoms with Crippen LogP contribution in [0.4, 0.5) is 17.6 Å². The average molecular weight is 223 g/mol. The lowest BCUT2D eigenvalue weighted by Crippen LogP contribution is -2.27. The van der Waals surface area contributed by atoms with Crippen LogP contribution in [-0.2, 0) is 5.92 Å². The van der Waals surface area contributed by atoms with Crippen molar-refractivity contribution in [3.63, 3.8) is 0 Å². The van der Waals surface area contributed by atoms with Crippen LogP contribution in [0.1, 0.15) is 5.56 Å². The van der Waals surface area contributed by atoms with Crippen molar-refractivity contribution < 1.29 is 22.3 Å². The Morgan fingerprint density at radius 2 is 1.73 bits per heavy atom. The Bertz CT molecular complexity index is 344. The Hall–Kier alpha value is -1.30. The predicted octanol–water partition coefficient (Wildman–Crippen LogP) is 2.02. The first-order valence-corrected chi connectivity index (χ1v) is 4.03. The van der Waals surface area contributed by atoms with E-state index in [0.29, 0.717) is 12.1 Å². The molecule has 6 heteroatoms. The molecule has 0 aliphatic carbocycles.